The number of sulfone groups is 1. The molecule has 0 aliphatic carbocycles. The van der Waals surface area contributed by atoms with Crippen LogP contribution in [0.25, 0.3) is 0 Å². The summed E-state index contributed by atoms with van der Waals surface area (Å²) in [5.74, 6) is -0.252. The Bertz CT molecular complexity index is 929. The average molecular weight is 449 g/mol. The average Bonchev–Trinajstić information content (AvgIpc) is 3.29. The zero-order valence-electron chi connectivity index (χ0n) is 14.1. The Morgan fingerprint density at radius 3 is 2.93 bits per heavy atom. The standard InChI is InChI=1S/C15H17ClN4O4S3/c16-11-3-4-13(26-11)27(22,23)10-7-19-15(20-14(10)17)25-8-12(21)18-6-9-2-1-5-24-9/h3-4,7,9H,1-2,5-6,8H2,(H,18,21)(H2,17,19,20). The molecule has 146 valence electrons. The number of carbonyl (C=O) groups is 1. The van der Waals surface area contributed by atoms with Crippen LogP contribution in [-0.2, 0) is 19.4 Å². The van der Waals surface area contributed by atoms with Crippen LogP contribution in [0, 0.1) is 0 Å². The van der Waals surface area contributed by atoms with Crippen LogP contribution in [0.4, 0.5) is 5.82 Å². The number of halogens is 1. The Labute approximate surface area is 169 Å². The minimum atomic E-state index is -3.83. The molecule has 0 saturated carbocycles. The molecule has 1 fully saturated rings. The SMILES string of the molecule is Nc1nc(SCC(=O)NCC2CCCO2)ncc1S(=O)(=O)c1ccc(Cl)s1. The molecule has 2 aromatic heterocycles. The van der Waals surface area contributed by atoms with Crippen molar-refractivity contribution in [1.82, 2.24) is 15.3 Å². The maximum atomic E-state index is 12.6. The molecule has 0 radical (unpaired) electrons. The fourth-order valence-corrected chi connectivity index (χ4v) is 5.93. The van der Waals surface area contributed by atoms with Crippen molar-refractivity contribution in [3.05, 3.63) is 22.7 Å². The molecule has 1 atom stereocenters. The van der Waals surface area contributed by atoms with Crippen molar-refractivity contribution >= 4 is 56.3 Å². The monoisotopic (exact) mass is 448 g/mol. The quantitative estimate of drug-likeness (QED) is 0.486. The number of thioether (sulfide) groups is 1. The Morgan fingerprint density at radius 1 is 1.48 bits per heavy atom. The van der Waals surface area contributed by atoms with Crippen LogP contribution >= 0.6 is 34.7 Å². The van der Waals surface area contributed by atoms with Gasteiger partial charge in [-0.15, -0.1) is 11.3 Å². The lowest BCUT2D eigenvalue weighted by molar-refractivity contribution is -0.119. The molecule has 1 amide bonds. The minimum absolute atomic E-state index is 0.0664. The largest absolute Gasteiger partial charge is 0.382 e. The summed E-state index contributed by atoms with van der Waals surface area (Å²) in [6.07, 6.45) is 3.17. The smallest absolute Gasteiger partial charge is 0.230 e. The number of thiophene rings is 1. The lowest BCUT2D eigenvalue weighted by Gasteiger charge is -2.10. The van der Waals surface area contributed by atoms with E-state index in [1.165, 1.54) is 12.1 Å². The van der Waals surface area contributed by atoms with Gasteiger partial charge in [0.05, 0.1) is 22.4 Å². The number of anilines is 1. The summed E-state index contributed by atoms with van der Waals surface area (Å²) in [4.78, 5) is 19.7. The lowest BCUT2D eigenvalue weighted by atomic mass is 10.2. The number of carbonyl (C=O) groups excluding carboxylic acids is 1. The number of amides is 1. The highest BCUT2D eigenvalue weighted by molar-refractivity contribution is 7.99. The molecule has 12 heteroatoms. The summed E-state index contributed by atoms with van der Waals surface area (Å²) in [5, 5.41) is 3.02. The predicted octanol–water partition coefficient (Wildman–Crippen LogP) is 1.99. The molecule has 3 rings (SSSR count). The van der Waals surface area contributed by atoms with E-state index in [0.717, 1.165) is 48.7 Å². The van der Waals surface area contributed by atoms with E-state index in [0.29, 0.717) is 10.9 Å². The summed E-state index contributed by atoms with van der Waals surface area (Å²) in [5.41, 5.74) is 5.81. The van der Waals surface area contributed by atoms with Crippen LogP contribution in [0.15, 0.2) is 32.6 Å². The minimum Gasteiger partial charge on any atom is -0.382 e. The molecule has 1 unspecified atom stereocenters. The number of aromatic nitrogens is 2. The Balaban J connectivity index is 1.60. The summed E-state index contributed by atoms with van der Waals surface area (Å²) in [6.45, 7) is 1.21. The molecule has 1 aliphatic rings. The van der Waals surface area contributed by atoms with Crippen molar-refractivity contribution in [2.75, 3.05) is 24.6 Å². The van der Waals surface area contributed by atoms with E-state index in [4.69, 9.17) is 22.1 Å². The molecule has 1 saturated heterocycles. The Hall–Kier alpha value is -1.40. The van der Waals surface area contributed by atoms with E-state index in [9.17, 15) is 13.2 Å². The summed E-state index contributed by atoms with van der Waals surface area (Å²) < 4.78 is 31.0. The fraction of sp³-hybridized carbons (Fsp3) is 0.400. The molecule has 0 spiro atoms. The number of nitrogens with one attached hydrogen (secondary N) is 1. The van der Waals surface area contributed by atoms with Gasteiger partial charge in [0, 0.05) is 13.2 Å². The van der Waals surface area contributed by atoms with Crippen molar-refractivity contribution in [3.8, 4) is 0 Å². The lowest BCUT2D eigenvalue weighted by Crippen LogP contribution is -2.32. The second-order valence-electron chi connectivity index (χ2n) is 5.69. The highest BCUT2D eigenvalue weighted by Gasteiger charge is 2.24. The molecule has 1 aliphatic heterocycles. The van der Waals surface area contributed by atoms with E-state index in [2.05, 4.69) is 15.3 Å². The maximum Gasteiger partial charge on any atom is 0.230 e. The van der Waals surface area contributed by atoms with Crippen LogP contribution in [0.5, 0.6) is 0 Å². The van der Waals surface area contributed by atoms with Crippen molar-refractivity contribution in [2.45, 2.75) is 33.2 Å². The fourth-order valence-electron chi connectivity index (χ4n) is 2.41. The van der Waals surface area contributed by atoms with Crippen molar-refractivity contribution in [1.29, 1.82) is 0 Å². The summed E-state index contributed by atoms with van der Waals surface area (Å²) in [7, 11) is -3.83. The Morgan fingerprint density at radius 2 is 2.30 bits per heavy atom. The molecular formula is C15H17ClN4O4S3. The van der Waals surface area contributed by atoms with Gasteiger partial charge in [-0.3, -0.25) is 4.79 Å². The molecule has 0 aromatic carbocycles. The molecule has 8 nitrogen and oxygen atoms in total. The van der Waals surface area contributed by atoms with Crippen LogP contribution in [-0.4, -0.2) is 49.3 Å². The van der Waals surface area contributed by atoms with Gasteiger partial charge in [0.1, 0.15) is 14.9 Å². The number of nitrogen functional groups attached to an aromatic ring is 1. The van der Waals surface area contributed by atoms with Gasteiger partial charge in [-0.25, -0.2) is 18.4 Å². The zero-order valence-corrected chi connectivity index (χ0v) is 17.3. The van der Waals surface area contributed by atoms with E-state index >= 15 is 0 Å². The maximum absolute atomic E-state index is 12.6. The van der Waals surface area contributed by atoms with Crippen LogP contribution in [0.3, 0.4) is 0 Å². The zero-order chi connectivity index (χ0) is 19.4. The highest BCUT2D eigenvalue weighted by atomic mass is 35.5. The molecule has 3 N–H and O–H groups in total. The van der Waals surface area contributed by atoms with Crippen molar-refractivity contribution < 1.29 is 17.9 Å². The first-order valence-electron chi connectivity index (χ1n) is 8.00. The number of nitrogens with two attached hydrogens (primary N) is 1. The Kier molecular flexibility index (Phi) is 6.58. The van der Waals surface area contributed by atoms with E-state index in [-0.39, 0.29) is 37.8 Å². The number of hydrogen-bond donors (Lipinski definition) is 2. The van der Waals surface area contributed by atoms with Crippen LogP contribution in [0.2, 0.25) is 4.34 Å². The van der Waals surface area contributed by atoms with E-state index in [1.54, 1.807) is 0 Å². The van der Waals surface area contributed by atoms with Gasteiger partial charge in [0.15, 0.2) is 5.16 Å². The van der Waals surface area contributed by atoms with Gasteiger partial charge in [-0.1, -0.05) is 23.4 Å². The number of ether oxygens (including phenoxy) is 1. The third kappa shape index (κ3) is 5.11. The first kappa shape index (κ1) is 20.3. The third-order valence-electron chi connectivity index (χ3n) is 3.75. The van der Waals surface area contributed by atoms with Crippen LogP contribution in [0.1, 0.15) is 12.8 Å². The van der Waals surface area contributed by atoms with Gasteiger partial charge < -0.3 is 15.8 Å². The first-order valence-corrected chi connectivity index (χ1v) is 11.7. The van der Waals surface area contributed by atoms with Crippen molar-refractivity contribution in [2.24, 2.45) is 0 Å². The topological polar surface area (TPSA) is 124 Å². The molecule has 2 aromatic rings. The molecule has 27 heavy (non-hydrogen) atoms. The third-order valence-corrected chi connectivity index (χ3v) is 8.10. The van der Waals surface area contributed by atoms with E-state index < -0.39 is 9.84 Å². The van der Waals surface area contributed by atoms with Crippen molar-refractivity contribution in [3.63, 3.8) is 0 Å². The molecular weight excluding hydrogens is 432 g/mol. The number of hydrogen-bond acceptors (Lipinski definition) is 9. The predicted molar refractivity (Wildman–Crippen MR) is 104 cm³/mol. The summed E-state index contributed by atoms with van der Waals surface area (Å²) >= 11 is 7.81. The normalized spacial score (nSPS) is 17.1. The van der Waals surface area contributed by atoms with Gasteiger partial charge >= 0.3 is 0 Å². The molecule has 3 heterocycles. The van der Waals surface area contributed by atoms with Gasteiger partial charge in [0.2, 0.25) is 15.7 Å². The highest BCUT2D eigenvalue weighted by Crippen LogP contribution is 2.32. The number of nitrogens with zero attached hydrogens (tertiary/aromatic N) is 2. The summed E-state index contributed by atoms with van der Waals surface area (Å²) in [6, 6.07) is 2.90. The second-order valence-corrected chi connectivity index (χ2v) is 10.5. The van der Waals surface area contributed by atoms with Gasteiger partial charge in [0.25, 0.3) is 0 Å². The van der Waals surface area contributed by atoms with Gasteiger partial charge in [-0.2, -0.15) is 0 Å². The van der Waals surface area contributed by atoms with E-state index in [1.807, 2.05) is 0 Å². The van der Waals surface area contributed by atoms with Crippen LogP contribution < -0.4 is 11.1 Å². The molecule has 0 bridgehead atoms. The number of rotatable bonds is 7. The second kappa shape index (κ2) is 8.74. The first-order chi connectivity index (χ1) is 12.9. The van der Waals surface area contributed by atoms with Gasteiger partial charge in [-0.05, 0) is 25.0 Å².